The van der Waals surface area contributed by atoms with Crippen LogP contribution in [-0.2, 0) is 4.79 Å². The molecular formula is C19H16Cl2IN3O. The third-order valence-corrected chi connectivity index (χ3v) is 5.75. The van der Waals surface area contributed by atoms with Gasteiger partial charge in [0.25, 0.3) is 5.91 Å². The van der Waals surface area contributed by atoms with Gasteiger partial charge in [-0.2, -0.15) is 5.10 Å². The minimum absolute atomic E-state index is 0.0781. The van der Waals surface area contributed by atoms with Gasteiger partial charge in [-0.15, -0.1) is 0 Å². The average molecular weight is 500 g/mol. The summed E-state index contributed by atoms with van der Waals surface area (Å²) in [6, 6.07) is 13.8. The first-order valence-corrected chi connectivity index (χ1v) is 10.2. The zero-order valence-corrected chi connectivity index (χ0v) is 17.4. The van der Waals surface area contributed by atoms with Crippen molar-refractivity contribution in [2.45, 2.75) is 31.3 Å². The van der Waals surface area contributed by atoms with E-state index >= 15 is 0 Å². The summed E-state index contributed by atoms with van der Waals surface area (Å²) >= 11 is 14.7. The number of carbonyl (C=O) groups is 1. The molecule has 2 aromatic rings. The van der Waals surface area contributed by atoms with Crippen molar-refractivity contribution in [2.75, 3.05) is 5.01 Å². The highest BCUT2D eigenvalue weighted by Gasteiger charge is 2.35. The first kappa shape index (κ1) is 18.1. The number of halogens is 3. The molecule has 1 fully saturated rings. The molecule has 1 saturated carbocycles. The van der Waals surface area contributed by atoms with Crippen molar-refractivity contribution in [3.05, 3.63) is 61.6 Å². The highest BCUT2D eigenvalue weighted by Crippen LogP contribution is 2.39. The minimum atomic E-state index is -0.0874. The standard InChI is InChI=1S/C19H16Cl2IN3O/c20-12-3-8-17(15(21)9-12)25-18(11-1-4-13(22)5-2-11)10-16(24-25)19(26)23-14-6-7-14/h1-5,8-9,14,18H,6-7,10H2,(H,23,26). The lowest BCUT2D eigenvalue weighted by atomic mass is 10.0. The molecule has 1 amide bonds. The highest BCUT2D eigenvalue weighted by molar-refractivity contribution is 14.1. The van der Waals surface area contributed by atoms with E-state index in [2.05, 4.69) is 57.3 Å². The van der Waals surface area contributed by atoms with E-state index in [1.165, 1.54) is 0 Å². The Morgan fingerprint density at radius 1 is 1.15 bits per heavy atom. The van der Waals surface area contributed by atoms with Crippen molar-refractivity contribution < 1.29 is 4.79 Å². The molecule has 1 aliphatic carbocycles. The molecule has 2 aliphatic rings. The molecule has 7 heteroatoms. The molecule has 26 heavy (non-hydrogen) atoms. The van der Waals surface area contributed by atoms with E-state index in [1.54, 1.807) is 12.1 Å². The Morgan fingerprint density at radius 3 is 2.54 bits per heavy atom. The number of anilines is 1. The van der Waals surface area contributed by atoms with E-state index in [-0.39, 0.29) is 11.9 Å². The van der Waals surface area contributed by atoms with Crippen molar-refractivity contribution in [1.29, 1.82) is 0 Å². The number of rotatable bonds is 4. The van der Waals surface area contributed by atoms with Gasteiger partial charge in [0, 0.05) is 21.1 Å². The van der Waals surface area contributed by atoms with Crippen molar-refractivity contribution in [3.63, 3.8) is 0 Å². The summed E-state index contributed by atoms with van der Waals surface area (Å²) in [5, 5.41) is 10.6. The second-order valence-corrected chi connectivity index (χ2v) is 8.60. The summed E-state index contributed by atoms with van der Waals surface area (Å²) in [6.45, 7) is 0. The van der Waals surface area contributed by atoms with Crippen LogP contribution in [0.1, 0.15) is 30.9 Å². The van der Waals surface area contributed by atoms with Crippen LogP contribution < -0.4 is 10.3 Å². The fourth-order valence-corrected chi connectivity index (χ4v) is 3.83. The zero-order valence-electron chi connectivity index (χ0n) is 13.8. The van der Waals surface area contributed by atoms with Crippen LogP contribution in [0.25, 0.3) is 0 Å². The van der Waals surface area contributed by atoms with Crippen LogP contribution in [0.15, 0.2) is 47.6 Å². The van der Waals surface area contributed by atoms with Gasteiger partial charge in [0.15, 0.2) is 0 Å². The number of nitrogens with one attached hydrogen (secondary N) is 1. The van der Waals surface area contributed by atoms with Gasteiger partial charge in [0.1, 0.15) is 5.71 Å². The molecule has 1 unspecified atom stereocenters. The number of benzene rings is 2. The molecule has 0 radical (unpaired) electrons. The maximum absolute atomic E-state index is 12.5. The topological polar surface area (TPSA) is 44.7 Å². The summed E-state index contributed by atoms with van der Waals surface area (Å²) in [6.07, 6.45) is 2.64. The van der Waals surface area contributed by atoms with E-state index in [1.807, 2.05) is 11.1 Å². The molecule has 1 N–H and O–H groups in total. The van der Waals surface area contributed by atoms with E-state index in [9.17, 15) is 4.79 Å². The van der Waals surface area contributed by atoms with Crippen LogP contribution in [0.3, 0.4) is 0 Å². The maximum atomic E-state index is 12.5. The van der Waals surface area contributed by atoms with Gasteiger partial charge in [0.2, 0.25) is 0 Å². The molecule has 0 bridgehead atoms. The van der Waals surface area contributed by atoms with Crippen LogP contribution in [0.5, 0.6) is 0 Å². The van der Waals surface area contributed by atoms with Gasteiger partial charge in [-0.1, -0.05) is 35.3 Å². The van der Waals surface area contributed by atoms with E-state index < -0.39 is 0 Å². The van der Waals surface area contributed by atoms with Crippen LogP contribution in [0.4, 0.5) is 5.69 Å². The average Bonchev–Trinajstić information content (AvgIpc) is 3.31. The Kier molecular flexibility index (Phi) is 5.12. The second-order valence-electron chi connectivity index (χ2n) is 6.51. The molecule has 1 atom stereocenters. The lowest BCUT2D eigenvalue weighted by Crippen LogP contribution is -2.31. The van der Waals surface area contributed by atoms with Crippen LogP contribution in [0, 0.1) is 3.57 Å². The molecule has 2 aromatic carbocycles. The van der Waals surface area contributed by atoms with Crippen LogP contribution >= 0.6 is 45.8 Å². The lowest BCUT2D eigenvalue weighted by Gasteiger charge is -2.25. The molecule has 0 aromatic heterocycles. The third kappa shape index (κ3) is 3.85. The fourth-order valence-electron chi connectivity index (χ4n) is 2.98. The van der Waals surface area contributed by atoms with Gasteiger partial charge in [0.05, 0.1) is 16.8 Å². The van der Waals surface area contributed by atoms with Gasteiger partial charge in [-0.3, -0.25) is 9.80 Å². The van der Waals surface area contributed by atoms with Crippen molar-refractivity contribution in [3.8, 4) is 0 Å². The van der Waals surface area contributed by atoms with E-state index in [0.717, 1.165) is 27.7 Å². The van der Waals surface area contributed by atoms with Crippen molar-refractivity contribution >= 4 is 63.1 Å². The van der Waals surface area contributed by atoms with Crippen molar-refractivity contribution in [2.24, 2.45) is 5.10 Å². The minimum Gasteiger partial charge on any atom is -0.348 e. The molecular weight excluding hydrogens is 484 g/mol. The quantitative estimate of drug-likeness (QED) is 0.589. The normalized spacial score (nSPS) is 19.4. The number of amides is 1. The molecule has 1 aliphatic heterocycles. The van der Waals surface area contributed by atoms with Crippen molar-refractivity contribution in [1.82, 2.24) is 5.32 Å². The van der Waals surface area contributed by atoms with Crippen LogP contribution in [0.2, 0.25) is 10.0 Å². The van der Waals surface area contributed by atoms with E-state index in [0.29, 0.717) is 28.2 Å². The fraction of sp³-hybridized carbons (Fsp3) is 0.263. The summed E-state index contributed by atoms with van der Waals surface area (Å²) in [7, 11) is 0. The molecule has 4 rings (SSSR count). The predicted molar refractivity (Wildman–Crippen MR) is 114 cm³/mol. The molecule has 4 nitrogen and oxygen atoms in total. The number of carbonyl (C=O) groups excluding carboxylic acids is 1. The predicted octanol–water partition coefficient (Wildman–Crippen LogP) is 5.18. The smallest absolute Gasteiger partial charge is 0.267 e. The van der Waals surface area contributed by atoms with Gasteiger partial charge in [-0.25, -0.2) is 0 Å². The third-order valence-electron chi connectivity index (χ3n) is 4.50. The Hall–Kier alpha value is -1.31. The van der Waals surface area contributed by atoms with Gasteiger partial charge >= 0.3 is 0 Å². The van der Waals surface area contributed by atoms with E-state index in [4.69, 9.17) is 23.2 Å². The summed E-state index contributed by atoms with van der Waals surface area (Å²) in [5.74, 6) is -0.0874. The largest absolute Gasteiger partial charge is 0.348 e. The first-order chi connectivity index (χ1) is 12.5. The molecule has 0 saturated heterocycles. The summed E-state index contributed by atoms with van der Waals surface area (Å²) in [4.78, 5) is 12.5. The second kappa shape index (κ2) is 7.37. The zero-order chi connectivity index (χ0) is 18.3. The SMILES string of the molecule is O=C(NC1CC1)C1=NN(c2ccc(Cl)cc2Cl)C(c2ccc(I)cc2)C1. The van der Waals surface area contributed by atoms with Gasteiger partial charge < -0.3 is 5.32 Å². The highest BCUT2D eigenvalue weighted by atomic mass is 127. The summed E-state index contributed by atoms with van der Waals surface area (Å²) < 4.78 is 1.16. The Bertz CT molecular complexity index is 881. The monoisotopic (exact) mass is 499 g/mol. The number of hydrazone groups is 1. The molecule has 134 valence electrons. The number of hydrogen-bond donors (Lipinski definition) is 1. The summed E-state index contributed by atoms with van der Waals surface area (Å²) in [5.41, 5.74) is 2.37. The molecule has 0 spiro atoms. The van der Waals surface area contributed by atoms with Gasteiger partial charge in [-0.05, 0) is 71.3 Å². The lowest BCUT2D eigenvalue weighted by molar-refractivity contribution is -0.115. The number of nitrogens with zero attached hydrogens (tertiary/aromatic N) is 2. The van der Waals surface area contributed by atoms with Crippen LogP contribution in [-0.4, -0.2) is 17.7 Å². The Labute approximate surface area is 175 Å². The molecule has 1 heterocycles. The Morgan fingerprint density at radius 2 is 1.88 bits per heavy atom. The number of hydrogen-bond acceptors (Lipinski definition) is 3. The Balaban J connectivity index is 1.69. The maximum Gasteiger partial charge on any atom is 0.267 e. The first-order valence-electron chi connectivity index (χ1n) is 8.39.